The maximum absolute atomic E-state index is 14.6. The third-order valence-electron chi connectivity index (χ3n) is 5.22. The van der Waals surface area contributed by atoms with Crippen LogP contribution in [-0.2, 0) is 6.61 Å². The lowest BCUT2D eigenvalue weighted by Gasteiger charge is -2.10. The first kappa shape index (κ1) is 21.3. The van der Waals surface area contributed by atoms with Gasteiger partial charge in [0.05, 0.1) is 21.1 Å². The summed E-state index contributed by atoms with van der Waals surface area (Å²) in [6, 6.07) is 12.8. The van der Waals surface area contributed by atoms with Crippen LogP contribution in [0.25, 0.3) is 10.2 Å². The number of hydrogen-bond donors (Lipinski definition) is 2. The smallest absolute Gasteiger partial charge is 0.167 e. The number of thiophene rings is 1. The Labute approximate surface area is 193 Å². The molecule has 1 saturated heterocycles. The lowest BCUT2D eigenvalue weighted by molar-refractivity contribution is 0.290. The minimum Gasteiger partial charge on any atom is -0.486 e. The van der Waals surface area contributed by atoms with E-state index in [0.717, 1.165) is 34.5 Å². The molecule has 166 valence electrons. The summed E-state index contributed by atoms with van der Waals surface area (Å²) in [6.45, 7) is 1.08. The zero-order valence-corrected chi connectivity index (χ0v) is 18.4. The Morgan fingerprint density at radius 2 is 2.09 bits per heavy atom. The van der Waals surface area contributed by atoms with Gasteiger partial charge in [-0.1, -0.05) is 24.0 Å². The van der Waals surface area contributed by atoms with E-state index in [9.17, 15) is 8.78 Å². The molecule has 0 saturated carbocycles. The monoisotopic (exact) mass is 462 g/mol. The Kier molecular flexibility index (Phi) is 6.15. The fraction of sp³-hybridized carbons (Fsp3) is 0.200. The number of aromatic nitrogens is 2. The van der Waals surface area contributed by atoms with Crippen molar-refractivity contribution in [2.75, 3.05) is 11.9 Å². The van der Waals surface area contributed by atoms with E-state index in [0.29, 0.717) is 17.1 Å². The van der Waals surface area contributed by atoms with Crippen molar-refractivity contribution in [3.05, 3.63) is 76.9 Å². The molecule has 1 atom stereocenters. The second kappa shape index (κ2) is 9.53. The first-order valence-corrected chi connectivity index (χ1v) is 11.4. The second-order valence-electron chi connectivity index (χ2n) is 7.65. The van der Waals surface area contributed by atoms with Gasteiger partial charge in [0, 0.05) is 11.8 Å². The summed E-state index contributed by atoms with van der Waals surface area (Å²) in [7, 11) is 0. The second-order valence-corrected chi connectivity index (χ2v) is 8.71. The van der Waals surface area contributed by atoms with E-state index >= 15 is 0 Å². The van der Waals surface area contributed by atoms with E-state index in [2.05, 4.69) is 32.4 Å². The highest BCUT2D eigenvalue weighted by Gasteiger charge is 2.12. The maximum atomic E-state index is 14.6. The van der Waals surface area contributed by atoms with Crippen LogP contribution in [0.1, 0.15) is 23.3 Å². The molecule has 0 spiro atoms. The number of fused-ring (bicyclic) bond motifs is 1. The number of nitrogens with zero attached hydrogens (tertiary/aromatic N) is 2. The third kappa shape index (κ3) is 5.11. The van der Waals surface area contributed by atoms with E-state index in [1.165, 1.54) is 41.9 Å². The first-order chi connectivity index (χ1) is 16.1. The highest BCUT2D eigenvalue weighted by atomic mass is 32.1. The van der Waals surface area contributed by atoms with Gasteiger partial charge in [0.2, 0.25) is 0 Å². The van der Waals surface area contributed by atoms with Crippen molar-refractivity contribution in [3.8, 4) is 17.6 Å². The van der Waals surface area contributed by atoms with Crippen molar-refractivity contribution in [2.45, 2.75) is 25.5 Å². The number of nitrogens with one attached hydrogen (secondary N) is 2. The minimum atomic E-state index is -0.525. The molecular formula is C25H20F2N4OS. The zero-order valence-electron chi connectivity index (χ0n) is 17.6. The Morgan fingerprint density at radius 1 is 1.15 bits per heavy atom. The average Bonchev–Trinajstić information content (AvgIpc) is 3.47. The summed E-state index contributed by atoms with van der Waals surface area (Å²) in [5.41, 5.74) is 1.94. The van der Waals surface area contributed by atoms with Crippen LogP contribution in [0.2, 0.25) is 0 Å². The van der Waals surface area contributed by atoms with Gasteiger partial charge < -0.3 is 15.4 Å². The van der Waals surface area contributed by atoms with E-state index in [1.54, 1.807) is 18.2 Å². The molecule has 8 heteroatoms. The van der Waals surface area contributed by atoms with Gasteiger partial charge in [-0.05, 0) is 55.3 Å². The molecule has 2 aromatic carbocycles. The van der Waals surface area contributed by atoms with Gasteiger partial charge in [-0.15, -0.1) is 11.3 Å². The molecule has 1 aliphatic heterocycles. The van der Waals surface area contributed by atoms with E-state index in [1.807, 2.05) is 6.07 Å². The Hall–Kier alpha value is -3.54. The molecule has 2 aromatic heterocycles. The Morgan fingerprint density at radius 3 is 2.91 bits per heavy atom. The first-order valence-electron chi connectivity index (χ1n) is 10.6. The lowest BCUT2D eigenvalue weighted by atomic mass is 10.2. The van der Waals surface area contributed by atoms with E-state index in [4.69, 9.17) is 4.74 Å². The van der Waals surface area contributed by atoms with Gasteiger partial charge in [-0.2, -0.15) is 0 Å². The Bertz CT molecular complexity index is 1360. The minimum absolute atomic E-state index is 0.0728. The van der Waals surface area contributed by atoms with Crippen LogP contribution in [0.3, 0.4) is 0 Å². The van der Waals surface area contributed by atoms with E-state index in [-0.39, 0.29) is 24.2 Å². The van der Waals surface area contributed by atoms with Gasteiger partial charge in [0.15, 0.2) is 17.4 Å². The summed E-state index contributed by atoms with van der Waals surface area (Å²) in [4.78, 5) is 9.57. The normalized spacial score (nSPS) is 15.3. The molecule has 0 amide bonds. The van der Waals surface area contributed by atoms with Crippen molar-refractivity contribution in [3.63, 3.8) is 0 Å². The van der Waals surface area contributed by atoms with Crippen molar-refractivity contribution in [1.29, 1.82) is 0 Å². The summed E-state index contributed by atoms with van der Waals surface area (Å²) in [6.07, 6.45) is 3.69. The summed E-state index contributed by atoms with van der Waals surface area (Å²) < 4.78 is 34.3. The molecule has 0 bridgehead atoms. The summed E-state index contributed by atoms with van der Waals surface area (Å²) >= 11 is 1.50. The molecule has 3 heterocycles. The van der Waals surface area contributed by atoms with Crippen LogP contribution in [0.4, 0.5) is 20.3 Å². The lowest BCUT2D eigenvalue weighted by Crippen LogP contribution is -2.18. The van der Waals surface area contributed by atoms with E-state index < -0.39 is 5.82 Å². The zero-order chi connectivity index (χ0) is 22.6. The molecule has 5 nitrogen and oxygen atoms in total. The standard InChI is InChI=1S/C25H20F2N4OS/c26-17-4-1-3-16(11-17)14-32-23-9-7-19(12-21(23)27)31-25-24-22(29-15-30-25)13-20(33-24)8-6-18-5-2-10-28-18/h1,3-4,7,9,11-13,15,18,28H,2,5,10,14H2,(H,29,30,31)/t18-/m0/s1. The van der Waals surface area contributed by atoms with Crippen LogP contribution < -0.4 is 15.4 Å². The topological polar surface area (TPSA) is 59.1 Å². The van der Waals surface area contributed by atoms with Crippen LogP contribution >= 0.6 is 11.3 Å². The molecule has 0 unspecified atom stereocenters. The molecule has 1 fully saturated rings. The SMILES string of the molecule is Fc1cccc(COc2ccc(Nc3ncnc4cc(C#C[C@@H]5CCCN5)sc34)cc2F)c1. The predicted molar refractivity (Wildman–Crippen MR) is 126 cm³/mol. The van der Waals surface area contributed by atoms with Gasteiger partial charge in [-0.3, -0.25) is 0 Å². The molecule has 2 N–H and O–H groups in total. The van der Waals surface area contributed by atoms with Gasteiger partial charge in [-0.25, -0.2) is 18.7 Å². The molecule has 5 rings (SSSR count). The Balaban J connectivity index is 1.31. The van der Waals surface area contributed by atoms with Crippen molar-refractivity contribution in [1.82, 2.24) is 15.3 Å². The van der Waals surface area contributed by atoms with Crippen LogP contribution in [-0.4, -0.2) is 22.6 Å². The highest BCUT2D eigenvalue weighted by molar-refractivity contribution is 7.20. The fourth-order valence-corrected chi connectivity index (χ4v) is 4.51. The maximum Gasteiger partial charge on any atom is 0.167 e. The quantitative estimate of drug-likeness (QED) is 0.389. The largest absolute Gasteiger partial charge is 0.486 e. The van der Waals surface area contributed by atoms with Gasteiger partial charge >= 0.3 is 0 Å². The van der Waals surface area contributed by atoms with Crippen molar-refractivity contribution >= 4 is 33.1 Å². The molecule has 4 aromatic rings. The van der Waals surface area contributed by atoms with Crippen LogP contribution in [0, 0.1) is 23.5 Å². The van der Waals surface area contributed by atoms with Crippen LogP contribution in [0.15, 0.2) is 54.9 Å². The number of halogens is 2. The number of benzene rings is 2. The molecular weight excluding hydrogens is 442 g/mol. The fourth-order valence-electron chi connectivity index (χ4n) is 3.59. The van der Waals surface area contributed by atoms with Crippen molar-refractivity contribution in [2.24, 2.45) is 0 Å². The number of hydrogen-bond acceptors (Lipinski definition) is 6. The molecule has 33 heavy (non-hydrogen) atoms. The third-order valence-corrected chi connectivity index (χ3v) is 6.27. The number of anilines is 2. The van der Waals surface area contributed by atoms with Crippen LogP contribution in [0.5, 0.6) is 5.75 Å². The highest BCUT2D eigenvalue weighted by Crippen LogP contribution is 2.31. The number of rotatable bonds is 5. The summed E-state index contributed by atoms with van der Waals surface area (Å²) in [5.74, 6) is 6.29. The predicted octanol–water partition coefficient (Wildman–Crippen LogP) is 5.40. The van der Waals surface area contributed by atoms with Crippen molar-refractivity contribution < 1.29 is 13.5 Å². The molecule has 0 radical (unpaired) electrons. The average molecular weight is 463 g/mol. The number of ether oxygens (including phenoxy) is 1. The molecule has 0 aliphatic carbocycles. The summed E-state index contributed by atoms with van der Waals surface area (Å²) in [5, 5.41) is 6.52. The van der Waals surface area contributed by atoms with Gasteiger partial charge in [0.1, 0.15) is 18.8 Å². The molecule has 1 aliphatic rings. The van der Waals surface area contributed by atoms with Gasteiger partial charge in [0.25, 0.3) is 0 Å².